The van der Waals surface area contributed by atoms with Gasteiger partial charge >= 0.3 is 0 Å². The lowest BCUT2D eigenvalue weighted by Crippen LogP contribution is -2.63. The molecule has 198 valence electrons. The van der Waals surface area contributed by atoms with Crippen molar-refractivity contribution in [3.63, 3.8) is 0 Å². The predicted octanol–water partition coefficient (Wildman–Crippen LogP) is 2.09. The first-order valence-electron chi connectivity index (χ1n) is 12.3. The Hall–Kier alpha value is -3.41. The zero-order valence-electron chi connectivity index (χ0n) is 20.9. The smallest absolute Gasteiger partial charge is 0.287 e. The second kappa shape index (κ2) is 11.3. The normalized spacial score (nSPS) is 15.3. The van der Waals surface area contributed by atoms with Crippen molar-refractivity contribution in [1.82, 2.24) is 20.7 Å². The largest absolute Gasteiger partial charge is 0.490 e. The first kappa shape index (κ1) is 26.6. The van der Waals surface area contributed by atoms with E-state index in [-0.39, 0.29) is 29.7 Å². The summed E-state index contributed by atoms with van der Waals surface area (Å²) in [6.07, 6.45) is 0.758. The molecule has 0 radical (unpaired) electrons. The van der Waals surface area contributed by atoms with Gasteiger partial charge < -0.3 is 25.1 Å². The van der Waals surface area contributed by atoms with E-state index in [1.807, 2.05) is 26.0 Å². The molecule has 4 N–H and O–H groups in total. The Morgan fingerprint density at radius 2 is 1.81 bits per heavy atom. The molecule has 11 heteroatoms. The molecule has 0 saturated carbocycles. The zero-order chi connectivity index (χ0) is 26.5. The quantitative estimate of drug-likeness (QED) is 0.296. The molecule has 1 aliphatic heterocycles. The summed E-state index contributed by atoms with van der Waals surface area (Å²) in [5.41, 5.74) is 0.275. The Morgan fingerprint density at radius 3 is 2.51 bits per heavy atom. The van der Waals surface area contributed by atoms with Crippen LogP contribution >= 0.6 is 0 Å². The highest BCUT2D eigenvalue weighted by molar-refractivity contribution is 7.89. The van der Waals surface area contributed by atoms with E-state index in [2.05, 4.69) is 20.7 Å². The molecule has 3 aromatic rings. The molecular formula is C26H32N4O6S. The average Bonchev–Trinajstić information content (AvgIpc) is 3.33. The molecule has 1 saturated heterocycles. The molecule has 2 heterocycles. The molecule has 0 aliphatic carbocycles. The van der Waals surface area contributed by atoms with Crippen LogP contribution < -0.4 is 25.4 Å². The van der Waals surface area contributed by atoms with Gasteiger partial charge in [-0.15, -0.1) is 0 Å². The summed E-state index contributed by atoms with van der Waals surface area (Å²) in [5, 5.41) is 9.58. The van der Waals surface area contributed by atoms with Crippen molar-refractivity contribution in [2.24, 2.45) is 0 Å². The Kier molecular flexibility index (Phi) is 8.16. The molecule has 1 aliphatic rings. The van der Waals surface area contributed by atoms with E-state index < -0.39 is 21.5 Å². The summed E-state index contributed by atoms with van der Waals surface area (Å²) in [5.74, 6) is -0.251. The SMILES string of the molecule is CCOc1cccc2cc(C(=O)NC3(C(=O)NCCNS(=O)(=O)c4ccc(C)cc4)CCNCC3)oc12. The number of aryl methyl sites for hydroxylation is 1. The highest BCUT2D eigenvalue weighted by atomic mass is 32.2. The highest BCUT2D eigenvalue weighted by Gasteiger charge is 2.41. The number of carbonyl (C=O) groups excluding carboxylic acids is 2. The summed E-state index contributed by atoms with van der Waals surface area (Å²) in [6.45, 7) is 5.36. The summed E-state index contributed by atoms with van der Waals surface area (Å²) >= 11 is 0. The number of rotatable bonds is 10. The topological polar surface area (TPSA) is 139 Å². The monoisotopic (exact) mass is 528 g/mol. The van der Waals surface area contributed by atoms with Gasteiger partial charge in [0.1, 0.15) is 5.54 Å². The maximum Gasteiger partial charge on any atom is 0.287 e. The molecule has 0 spiro atoms. The van der Waals surface area contributed by atoms with E-state index >= 15 is 0 Å². The van der Waals surface area contributed by atoms with Crippen molar-refractivity contribution >= 4 is 32.8 Å². The van der Waals surface area contributed by atoms with Gasteiger partial charge in [-0.2, -0.15) is 0 Å². The van der Waals surface area contributed by atoms with Crippen LogP contribution in [0.25, 0.3) is 11.0 Å². The fraction of sp³-hybridized carbons (Fsp3) is 0.385. The van der Waals surface area contributed by atoms with Crippen LogP contribution in [-0.2, 0) is 14.8 Å². The molecule has 1 fully saturated rings. The van der Waals surface area contributed by atoms with Crippen LogP contribution in [0.2, 0.25) is 0 Å². The molecule has 4 rings (SSSR count). The lowest BCUT2D eigenvalue weighted by molar-refractivity contribution is -0.128. The van der Waals surface area contributed by atoms with Gasteiger partial charge in [-0.1, -0.05) is 29.8 Å². The summed E-state index contributed by atoms with van der Waals surface area (Å²) in [4.78, 5) is 26.6. The number of hydrogen-bond acceptors (Lipinski definition) is 7. The first-order valence-corrected chi connectivity index (χ1v) is 13.8. The number of para-hydroxylation sites is 1. The van der Waals surface area contributed by atoms with Gasteiger partial charge in [0.25, 0.3) is 5.91 Å². The molecule has 0 atom stereocenters. The maximum absolute atomic E-state index is 13.2. The van der Waals surface area contributed by atoms with E-state index in [4.69, 9.17) is 9.15 Å². The van der Waals surface area contributed by atoms with Gasteiger partial charge in [0.05, 0.1) is 11.5 Å². The van der Waals surface area contributed by atoms with E-state index in [9.17, 15) is 18.0 Å². The van der Waals surface area contributed by atoms with Crippen molar-refractivity contribution in [3.05, 3.63) is 59.9 Å². The zero-order valence-corrected chi connectivity index (χ0v) is 21.7. The van der Waals surface area contributed by atoms with Gasteiger partial charge in [0, 0.05) is 18.5 Å². The maximum atomic E-state index is 13.2. The minimum absolute atomic E-state index is 0.00794. The Morgan fingerprint density at radius 1 is 1.08 bits per heavy atom. The van der Waals surface area contributed by atoms with E-state index in [0.717, 1.165) is 10.9 Å². The van der Waals surface area contributed by atoms with Gasteiger partial charge in [-0.3, -0.25) is 9.59 Å². The standard InChI is InChI=1S/C26H32N4O6S/c1-3-35-21-6-4-5-19-17-22(36-23(19)21)24(31)30-26(11-13-27-14-12-26)25(32)28-15-16-29-37(33,34)20-9-7-18(2)8-10-20/h4-10,17,27,29H,3,11-16H2,1-2H3,(H,28,32)(H,30,31). The Balaban J connectivity index is 1.41. The van der Waals surface area contributed by atoms with Crippen LogP contribution in [0.5, 0.6) is 5.75 Å². The van der Waals surface area contributed by atoms with Crippen LogP contribution in [-0.4, -0.2) is 58.6 Å². The molecule has 0 bridgehead atoms. The molecule has 1 aromatic heterocycles. The number of piperidine rings is 1. The second-order valence-electron chi connectivity index (χ2n) is 8.97. The van der Waals surface area contributed by atoms with Gasteiger partial charge in [-0.05, 0) is 64.0 Å². The number of benzene rings is 2. The summed E-state index contributed by atoms with van der Waals surface area (Å²) in [6, 6.07) is 13.5. The third kappa shape index (κ3) is 6.12. The Labute approximate surface area is 216 Å². The molecule has 2 aromatic carbocycles. The fourth-order valence-electron chi connectivity index (χ4n) is 4.29. The van der Waals surface area contributed by atoms with Gasteiger partial charge in [0.2, 0.25) is 15.9 Å². The predicted molar refractivity (Wildman–Crippen MR) is 139 cm³/mol. The van der Waals surface area contributed by atoms with Crippen molar-refractivity contribution in [2.75, 3.05) is 32.8 Å². The van der Waals surface area contributed by atoms with Crippen LogP contribution in [0.3, 0.4) is 0 Å². The highest BCUT2D eigenvalue weighted by Crippen LogP contribution is 2.29. The number of hydrogen-bond donors (Lipinski definition) is 4. The van der Waals surface area contributed by atoms with Crippen molar-refractivity contribution in [1.29, 1.82) is 0 Å². The van der Waals surface area contributed by atoms with Crippen molar-refractivity contribution < 1.29 is 27.2 Å². The number of carbonyl (C=O) groups is 2. The first-order chi connectivity index (χ1) is 17.7. The van der Waals surface area contributed by atoms with Crippen LogP contribution in [0.1, 0.15) is 35.9 Å². The summed E-state index contributed by atoms with van der Waals surface area (Å²) < 4.78 is 38.9. The number of sulfonamides is 1. The second-order valence-corrected chi connectivity index (χ2v) is 10.7. The van der Waals surface area contributed by atoms with Crippen molar-refractivity contribution in [2.45, 2.75) is 37.1 Å². The average molecular weight is 529 g/mol. The number of ether oxygens (including phenoxy) is 1. The number of nitrogens with one attached hydrogen (secondary N) is 4. The number of fused-ring (bicyclic) bond motifs is 1. The van der Waals surface area contributed by atoms with Gasteiger partial charge in [-0.25, -0.2) is 13.1 Å². The minimum Gasteiger partial charge on any atom is -0.490 e. The van der Waals surface area contributed by atoms with Crippen LogP contribution in [0.15, 0.2) is 57.8 Å². The van der Waals surface area contributed by atoms with E-state index in [0.29, 0.717) is 43.9 Å². The molecule has 0 unspecified atom stereocenters. The molecule has 2 amide bonds. The molecule has 37 heavy (non-hydrogen) atoms. The van der Waals surface area contributed by atoms with Crippen molar-refractivity contribution in [3.8, 4) is 5.75 Å². The summed E-state index contributed by atoms with van der Waals surface area (Å²) in [7, 11) is -3.69. The lowest BCUT2D eigenvalue weighted by Gasteiger charge is -2.36. The number of amides is 2. The fourth-order valence-corrected chi connectivity index (χ4v) is 5.32. The van der Waals surface area contributed by atoms with Gasteiger partial charge in [0.15, 0.2) is 17.1 Å². The number of furan rings is 1. The lowest BCUT2D eigenvalue weighted by atomic mass is 9.87. The minimum atomic E-state index is -3.69. The van der Waals surface area contributed by atoms with E-state index in [1.54, 1.807) is 24.3 Å². The Bertz CT molecular complexity index is 1360. The molecular weight excluding hydrogens is 496 g/mol. The third-order valence-electron chi connectivity index (χ3n) is 6.31. The van der Waals surface area contributed by atoms with E-state index in [1.165, 1.54) is 12.1 Å². The van der Waals surface area contributed by atoms with Crippen LogP contribution in [0, 0.1) is 6.92 Å². The molecule has 10 nitrogen and oxygen atoms in total. The van der Waals surface area contributed by atoms with Crippen LogP contribution in [0.4, 0.5) is 0 Å². The third-order valence-corrected chi connectivity index (χ3v) is 7.79.